The Labute approximate surface area is 191 Å². The van der Waals surface area contributed by atoms with Gasteiger partial charge in [0, 0.05) is 16.5 Å². The summed E-state index contributed by atoms with van der Waals surface area (Å²) in [6.45, 7) is 0. The standard InChI is InChI=1S/C25H26N2O4S/c1-29-20-13-12-18-21(22(20)30-2)24(28)31-23(18)27-25-26-19(14-32-25)17-10-8-16(9-11-17)15-6-4-3-5-7-15/h8-15,23H,3-7H2,1-2H3,(H,26,27). The highest BCUT2D eigenvalue weighted by atomic mass is 32.1. The fourth-order valence-electron chi connectivity index (χ4n) is 4.65. The molecule has 1 aliphatic carbocycles. The van der Waals surface area contributed by atoms with Crippen molar-refractivity contribution in [1.29, 1.82) is 0 Å². The van der Waals surface area contributed by atoms with Crippen LogP contribution in [0.25, 0.3) is 11.3 Å². The SMILES string of the molecule is COc1ccc2c(c1OC)C(=O)OC2Nc1nc(-c2ccc(C3CCCCC3)cc2)cs1. The van der Waals surface area contributed by atoms with Crippen LogP contribution in [0.4, 0.5) is 5.13 Å². The first-order valence-electron chi connectivity index (χ1n) is 11.0. The summed E-state index contributed by atoms with van der Waals surface area (Å²) < 4.78 is 16.3. The van der Waals surface area contributed by atoms with E-state index >= 15 is 0 Å². The number of rotatable bonds is 6. The van der Waals surface area contributed by atoms with E-state index in [9.17, 15) is 4.79 Å². The zero-order chi connectivity index (χ0) is 22.1. The van der Waals surface area contributed by atoms with Crippen molar-refractivity contribution in [3.05, 3.63) is 58.5 Å². The number of fused-ring (bicyclic) bond motifs is 1. The third-order valence-corrected chi connectivity index (χ3v) is 7.10. The van der Waals surface area contributed by atoms with Crippen molar-refractivity contribution >= 4 is 22.4 Å². The van der Waals surface area contributed by atoms with Crippen LogP contribution in [0.15, 0.2) is 41.8 Å². The second kappa shape index (κ2) is 8.82. The van der Waals surface area contributed by atoms with Crippen molar-refractivity contribution in [2.24, 2.45) is 0 Å². The summed E-state index contributed by atoms with van der Waals surface area (Å²) in [5.41, 5.74) is 4.52. The van der Waals surface area contributed by atoms with Gasteiger partial charge in [-0.05, 0) is 36.5 Å². The van der Waals surface area contributed by atoms with E-state index < -0.39 is 12.2 Å². The Balaban J connectivity index is 1.33. The first-order chi connectivity index (χ1) is 15.7. The molecule has 5 rings (SSSR count). The van der Waals surface area contributed by atoms with Crippen LogP contribution in [-0.2, 0) is 4.74 Å². The van der Waals surface area contributed by atoms with E-state index in [0.717, 1.165) is 11.3 Å². The molecular weight excluding hydrogens is 424 g/mol. The lowest BCUT2D eigenvalue weighted by Crippen LogP contribution is -2.10. The van der Waals surface area contributed by atoms with E-state index in [1.807, 2.05) is 11.4 Å². The molecule has 0 saturated heterocycles. The predicted molar refractivity (Wildman–Crippen MR) is 125 cm³/mol. The maximum atomic E-state index is 12.5. The second-order valence-electron chi connectivity index (χ2n) is 8.19. The van der Waals surface area contributed by atoms with Gasteiger partial charge in [-0.15, -0.1) is 11.3 Å². The monoisotopic (exact) mass is 450 g/mol. The van der Waals surface area contributed by atoms with Crippen LogP contribution < -0.4 is 14.8 Å². The largest absolute Gasteiger partial charge is 0.493 e. The van der Waals surface area contributed by atoms with Crippen molar-refractivity contribution < 1.29 is 19.0 Å². The zero-order valence-electron chi connectivity index (χ0n) is 18.2. The minimum atomic E-state index is -0.620. The number of aromatic nitrogens is 1. The molecule has 2 aromatic carbocycles. The van der Waals surface area contributed by atoms with E-state index in [0.29, 0.717) is 33.7 Å². The van der Waals surface area contributed by atoms with Gasteiger partial charge in [0.05, 0.1) is 19.9 Å². The van der Waals surface area contributed by atoms with Crippen LogP contribution in [-0.4, -0.2) is 25.2 Å². The second-order valence-corrected chi connectivity index (χ2v) is 9.05. The van der Waals surface area contributed by atoms with E-state index in [2.05, 4.69) is 29.6 Å². The van der Waals surface area contributed by atoms with Gasteiger partial charge >= 0.3 is 5.97 Å². The van der Waals surface area contributed by atoms with Crippen LogP contribution in [0, 0.1) is 0 Å². The average Bonchev–Trinajstić information content (AvgIpc) is 3.44. The normalized spacial score (nSPS) is 18.2. The summed E-state index contributed by atoms with van der Waals surface area (Å²) in [5, 5.41) is 5.95. The summed E-state index contributed by atoms with van der Waals surface area (Å²) >= 11 is 1.49. The van der Waals surface area contributed by atoms with Gasteiger partial charge in [-0.1, -0.05) is 43.5 Å². The number of esters is 1. The fraction of sp³-hybridized carbons (Fsp3) is 0.360. The van der Waals surface area contributed by atoms with Gasteiger partial charge in [0.2, 0.25) is 6.23 Å². The molecule has 1 unspecified atom stereocenters. The lowest BCUT2D eigenvalue weighted by Gasteiger charge is -2.22. The Kier molecular flexibility index (Phi) is 5.74. The van der Waals surface area contributed by atoms with Crippen LogP contribution in [0.2, 0.25) is 0 Å². The molecule has 0 radical (unpaired) electrons. The molecule has 1 N–H and O–H groups in total. The molecule has 2 aliphatic rings. The molecule has 32 heavy (non-hydrogen) atoms. The minimum Gasteiger partial charge on any atom is -0.493 e. The van der Waals surface area contributed by atoms with Gasteiger partial charge in [0.15, 0.2) is 16.6 Å². The lowest BCUT2D eigenvalue weighted by molar-refractivity contribution is 0.0435. The highest BCUT2D eigenvalue weighted by Crippen LogP contribution is 2.42. The molecule has 7 heteroatoms. The number of ether oxygens (including phenoxy) is 3. The highest BCUT2D eigenvalue weighted by Gasteiger charge is 2.36. The Bertz CT molecular complexity index is 1120. The topological polar surface area (TPSA) is 69.7 Å². The number of hydrogen-bond acceptors (Lipinski definition) is 7. The molecule has 3 aromatic rings. The number of nitrogens with one attached hydrogen (secondary N) is 1. The third kappa shape index (κ3) is 3.81. The molecular formula is C25H26N2O4S. The summed E-state index contributed by atoms with van der Waals surface area (Å²) in [6, 6.07) is 12.4. The Hall–Kier alpha value is -3.06. The fourth-order valence-corrected chi connectivity index (χ4v) is 5.39. The van der Waals surface area contributed by atoms with Gasteiger partial charge in [0.1, 0.15) is 5.56 Å². The number of anilines is 1. The molecule has 0 amide bonds. The molecule has 6 nitrogen and oxygen atoms in total. The average molecular weight is 451 g/mol. The molecule has 1 aliphatic heterocycles. The van der Waals surface area contributed by atoms with Crippen molar-refractivity contribution in [3.63, 3.8) is 0 Å². The van der Waals surface area contributed by atoms with Gasteiger partial charge < -0.3 is 19.5 Å². The number of thiazole rings is 1. The van der Waals surface area contributed by atoms with E-state index in [1.54, 1.807) is 13.2 Å². The van der Waals surface area contributed by atoms with Crippen LogP contribution in [0.5, 0.6) is 11.5 Å². The number of hydrogen-bond donors (Lipinski definition) is 1. The van der Waals surface area contributed by atoms with Gasteiger partial charge in [-0.25, -0.2) is 9.78 Å². The zero-order valence-corrected chi connectivity index (χ0v) is 19.0. The Morgan fingerprint density at radius 2 is 1.81 bits per heavy atom. The minimum absolute atomic E-state index is 0.386. The lowest BCUT2D eigenvalue weighted by atomic mass is 9.84. The Morgan fingerprint density at radius 3 is 2.53 bits per heavy atom. The summed E-state index contributed by atoms with van der Waals surface area (Å²) in [5.74, 6) is 1.13. The summed E-state index contributed by atoms with van der Waals surface area (Å²) in [7, 11) is 3.05. The van der Waals surface area contributed by atoms with Crippen molar-refractivity contribution in [2.45, 2.75) is 44.2 Å². The Morgan fingerprint density at radius 1 is 1.03 bits per heavy atom. The molecule has 1 saturated carbocycles. The molecule has 0 spiro atoms. The summed E-state index contributed by atoms with van der Waals surface area (Å²) in [6.07, 6.45) is 6.00. The maximum Gasteiger partial charge on any atom is 0.344 e. The third-order valence-electron chi connectivity index (χ3n) is 6.33. The molecule has 1 atom stereocenters. The first-order valence-corrected chi connectivity index (χ1v) is 11.8. The van der Waals surface area contributed by atoms with Crippen molar-refractivity contribution in [3.8, 4) is 22.8 Å². The van der Waals surface area contributed by atoms with Crippen molar-refractivity contribution in [2.75, 3.05) is 19.5 Å². The van der Waals surface area contributed by atoms with Gasteiger partial charge in [0.25, 0.3) is 0 Å². The van der Waals surface area contributed by atoms with Crippen LogP contribution >= 0.6 is 11.3 Å². The summed E-state index contributed by atoms with van der Waals surface area (Å²) in [4.78, 5) is 17.2. The van der Waals surface area contributed by atoms with Crippen LogP contribution in [0.1, 0.15) is 65.7 Å². The number of carbonyl (C=O) groups is 1. The molecule has 0 bridgehead atoms. The van der Waals surface area contributed by atoms with Crippen LogP contribution in [0.3, 0.4) is 0 Å². The molecule has 1 aromatic heterocycles. The number of nitrogens with zero attached hydrogens (tertiary/aromatic N) is 1. The number of carbonyl (C=O) groups excluding carboxylic acids is 1. The maximum absolute atomic E-state index is 12.5. The number of benzene rings is 2. The predicted octanol–water partition coefficient (Wildman–Crippen LogP) is 6.16. The smallest absolute Gasteiger partial charge is 0.344 e. The first kappa shape index (κ1) is 20.8. The van der Waals surface area contributed by atoms with Gasteiger partial charge in [-0.3, -0.25) is 0 Å². The molecule has 2 heterocycles. The quantitative estimate of drug-likeness (QED) is 0.454. The van der Waals surface area contributed by atoms with E-state index in [4.69, 9.17) is 19.2 Å². The number of cyclic esters (lactones) is 1. The number of methoxy groups -OCH3 is 2. The molecule has 1 fully saturated rings. The van der Waals surface area contributed by atoms with E-state index in [-0.39, 0.29) is 0 Å². The van der Waals surface area contributed by atoms with E-state index in [1.165, 1.54) is 56.1 Å². The van der Waals surface area contributed by atoms with Gasteiger partial charge in [-0.2, -0.15) is 0 Å². The molecule has 166 valence electrons. The van der Waals surface area contributed by atoms with Crippen molar-refractivity contribution in [1.82, 2.24) is 4.98 Å². The highest BCUT2D eigenvalue weighted by molar-refractivity contribution is 7.14.